The second-order valence-electron chi connectivity index (χ2n) is 8.56. The molecule has 0 aliphatic carbocycles. The lowest BCUT2D eigenvalue weighted by Crippen LogP contribution is -2.45. The highest BCUT2D eigenvalue weighted by Gasteiger charge is 2.27. The van der Waals surface area contributed by atoms with Crippen LogP contribution in [0.4, 0.5) is 13.9 Å². The maximum absolute atomic E-state index is 13.7. The second kappa shape index (κ2) is 9.99. The van der Waals surface area contributed by atoms with E-state index in [4.69, 9.17) is 0 Å². The van der Waals surface area contributed by atoms with Crippen molar-refractivity contribution in [2.24, 2.45) is 5.92 Å². The van der Waals surface area contributed by atoms with Crippen LogP contribution in [0.15, 0.2) is 18.5 Å². The van der Waals surface area contributed by atoms with Gasteiger partial charge < -0.3 is 15.1 Å². The number of hydrogen-bond donors (Lipinski definition) is 1. The minimum atomic E-state index is -0.771. The van der Waals surface area contributed by atoms with Crippen LogP contribution in [0.5, 0.6) is 0 Å². The Hall–Kier alpha value is -2.13. The van der Waals surface area contributed by atoms with Crippen molar-refractivity contribution in [2.45, 2.75) is 51.6 Å². The van der Waals surface area contributed by atoms with E-state index in [9.17, 15) is 13.6 Å². The number of carbonyl (C=O) groups is 1. The Bertz CT molecular complexity index is 900. The normalized spacial score (nSPS) is 21.1. The van der Waals surface area contributed by atoms with Crippen molar-refractivity contribution >= 4 is 22.4 Å². The zero-order valence-electron chi connectivity index (χ0n) is 17.8. The fraction of sp³-hybridized carbons (Fsp3) is 0.591. The SMILES string of the molecule is CC1CCCN(C2CCN(c3ncc(C(=O)NCc4ncc(F)cc4F)s3)CC2)CC1. The monoisotopic (exact) mass is 449 g/mol. The van der Waals surface area contributed by atoms with Crippen LogP contribution < -0.4 is 10.2 Å². The van der Waals surface area contributed by atoms with Crippen molar-refractivity contribution < 1.29 is 13.6 Å². The average Bonchev–Trinajstić information content (AvgIpc) is 3.16. The lowest BCUT2D eigenvalue weighted by molar-refractivity contribution is 0.0954. The summed E-state index contributed by atoms with van der Waals surface area (Å²) in [5, 5.41) is 3.48. The Morgan fingerprint density at radius 3 is 2.71 bits per heavy atom. The number of aromatic nitrogens is 2. The van der Waals surface area contributed by atoms with Gasteiger partial charge in [0, 0.05) is 25.2 Å². The number of amides is 1. The number of piperidine rings is 1. The molecular weight excluding hydrogens is 420 g/mol. The summed E-state index contributed by atoms with van der Waals surface area (Å²) in [6, 6.07) is 1.40. The molecule has 1 unspecified atom stereocenters. The van der Waals surface area contributed by atoms with E-state index in [2.05, 4.69) is 32.0 Å². The molecule has 2 aliphatic rings. The van der Waals surface area contributed by atoms with E-state index < -0.39 is 11.6 Å². The van der Waals surface area contributed by atoms with Crippen molar-refractivity contribution in [1.29, 1.82) is 0 Å². The van der Waals surface area contributed by atoms with Crippen molar-refractivity contribution in [3.05, 3.63) is 40.7 Å². The van der Waals surface area contributed by atoms with E-state index in [1.165, 1.54) is 43.7 Å². The maximum Gasteiger partial charge on any atom is 0.263 e. The van der Waals surface area contributed by atoms with Crippen LogP contribution in [0, 0.1) is 17.6 Å². The molecule has 1 atom stereocenters. The molecule has 0 spiro atoms. The van der Waals surface area contributed by atoms with Gasteiger partial charge in [-0.2, -0.15) is 0 Å². The molecular formula is C22H29F2N5OS. The zero-order chi connectivity index (χ0) is 21.8. The molecule has 0 radical (unpaired) electrons. The summed E-state index contributed by atoms with van der Waals surface area (Å²) in [4.78, 5) is 25.9. The minimum absolute atomic E-state index is 0.00414. The standard InChI is InChI=1S/C22H29F2N5OS/c1-15-3-2-7-28(8-4-15)17-5-9-29(10-6-17)22-27-14-20(31-22)21(30)26-13-19-18(24)11-16(23)12-25-19/h11-12,14-15,17H,2-10,13H2,1H3,(H,26,30). The number of halogens is 2. The fourth-order valence-corrected chi connectivity index (χ4v) is 5.30. The first-order valence-electron chi connectivity index (χ1n) is 11.0. The Morgan fingerprint density at radius 2 is 1.94 bits per heavy atom. The molecule has 1 N–H and O–H groups in total. The number of likely N-dealkylation sites (tertiary alicyclic amines) is 1. The second-order valence-corrected chi connectivity index (χ2v) is 9.57. The Morgan fingerprint density at radius 1 is 1.13 bits per heavy atom. The number of thiazole rings is 1. The third-order valence-corrected chi connectivity index (χ3v) is 7.38. The lowest BCUT2D eigenvalue weighted by atomic mass is 10.0. The van der Waals surface area contributed by atoms with Crippen LogP contribution in [0.25, 0.3) is 0 Å². The van der Waals surface area contributed by atoms with E-state index in [1.54, 1.807) is 6.20 Å². The van der Waals surface area contributed by atoms with Crippen LogP contribution in [0.2, 0.25) is 0 Å². The minimum Gasteiger partial charge on any atom is -0.348 e. The Balaban J connectivity index is 1.28. The first kappa shape index (κ1) is 22.1. The van der Waals surface area contributed by atoms with Gasteiger partial charge in [0.05, 0.1) is 24.6 Å². The molecule has 1 amide bonds. The molecule has 0 saturated carbocycles. The van der Waals surface area contributed by atoms with E-state index in [-0.39, 0.29) is 18.1 Å². The molecule has 0 bridgehead atoms. The largest absolute Gasteiger partial charge is 0.348 e. The van der Waals surface area contributed by atoms with Crippen molar-refractivity contribution in [1.82, 2.24) is 20.2 Å². The number of hydrogen-bond acceptors (Lipinski definition) is 6. The number of nitrogens with one attached hydrogen (secondary N) is 1. The average molecular weight is 450 g/mol. The first-order chi connectivity index (χ1) is 15.0. The molecule has 6 nitrogen and oxygen atoms in total. The number of rotatable bonds is 5. The van der Waals surface area contributed by atoms with Crippen LogP contribution in [0.3, 0.4) is 0 Å². The summed E-state index contributed by atoms with van der Waals surface area (Å²) in [7, 11) is 0. The molecule has 0 aromatic carbocycles. The summed E-state index contributed by atoms with van der Waals surface area (Å²) in [6.07, 6.45) is 8.66. The van der Waals surface area contributed by atoms with Gasteiger partial charge >= 0.3 is 0 Å². The van der Waals surface area contributed by atoms with Crippen LogP contribution in [0.1, 0.15) is 54.4 Å². The van der Waals surface area contributed by atoms with Crippen molar-refractivity contribution in [3.8, 4) is 0 Å². The molecule has 2 aliphatic heterocycles. The molecule has 168 valence electrons. The van der Waals surface area contributed by atoms with E-state index in [0.29, 0.717) is 10.9 Å². The first-order valence-corrected chi connectivity index (χ1v) is 11.8. The topological polar surface area (TPSA) is 61.4 Å². The molecule has 9 heteroatoms. The van der Waals surface area contributed by atoms with E-state index in [1.807, 2.05) is 0 Å². The van der Waals surface area contributed by atoms with Gasteiger partial charge in [-0.05, 0) is 51.1 Å². The van der Waals surface area contributed by atoms with Gasteiger partial charge in [0.15, 0.2) is 5.13 Å². The van der Waals surface area contributed by atoms with Crippen LogP contribution in [-0.4, -0.2) is 53.0 Å². The van der Waals surface area contributed by atoms with E-state index in [0.717, 1.165) is 49.2 Å². The third kappa shape index (κ3) is 5.57. The summed E-state index contributed by atoms with van der Waals surface area (Å²) < 4.78 is 26.6. The van der Waals surface area contributed by atoms with Gasteiger partial charge in [-0.15, -0.1) is 0 Å². The van der Waals surface area contributed by atoms with Crippen molar-refractivity contribution in [3.63, 3.8) is 0 Å². The summed E-state index contributed by atoms with van der Waals surface area (Å²) in [5.41, 5.74) is 0.00414. The summed E-state index contributed by atoms with van der Waals surface area (Å²) in [6.45, 7) is 6.55. The van der Waals surface area contributed by atoms with Crippen LogP contribution >= 0.6 is 11.3 Å². The molecule has 4 heterocycles. The molecule has 4 rings (SSSR count). The van der Waals surface area contributed by atoms with Gasteiger partial charge in [0.1, 0.15) is 16.5 Å². The zero-order valence-corrected chi connectivity index (χ0v) is 18.6. The summed E-state index contributed by atoms with van der Waals surface area (Å²) in [5.74, 6) is -1.01. The highest BCUT2D eigenvalue weighted by atomic mass is 32.1. The van der Waals surface area contributed by atoms with Gasteiger partial charge in [0.25, 0.3) is 5.91 Å². The quantitative estimate of drug-likeness (QED) is 0.752. The number of anilines is 1. The van der Waals surface area contributed by atoms with Gasteiger partial charge in [-0.1, -0.05) is 18.3 Å². The number of pyridine rings is 1. The number of carbonyl (C=O) groups excluding carboxylic acids is 1. The van der Waals surface area contributed by atoms with Gasteiger partial charge in [-0.25, -0.2) is 13.8 Å². The van der Waals surface area contributed by atoms with Crippen LogP contribution in [-0.2, 0) is 6.54 Å². The van der Waals surface area contributed by atoms with Crippen molar-refractivity contribution in [2.75, 3.05) is 31.1 Å². The molecule has 2 aromatic rings. The lowest BCUT2D eigenvalue weighted by Gasteiger charge is -2.38. The fourth-order valence-electron chi connectivity index (χ4n) is 4.41. The molecule has 2 saturated heterocycles. The predicted molar refractivity (Wildman–Crippen MR) is 117 cm³/mol. The highest BCUT2D eigenvalue weighted by molar-refractivity contribution is 7.17. The van der Waals surface area contributed by atoms with Gasteiger partial charge in [0.2, 0.25) is 0 Å². The predicted octanol–water partition coefficient (Wildman–Crippen LogP) is 3.84. The number of nitrogens with zero attached hydrogens (tertiary/aromatic N) is 4. The van der Waals surface area contributed by atoms with E-state index >= 15 is 0 Å². The molecule has 2 fully saturated rings. The Labute approximate surface area is 185 Å². The third-order valence-electron chi connectivity index (χ3n) is 6.32. The van der Waals surface area contributed by atoms with Gasteiger partial charge in [-0.3, -0.25) is 9.78 Å². The molecule has 31 heavy (non-hydrogen) atoms. The Kier molecular flexibility index (Phi) is 7.12. The molecule has 2 aromatic heterocycles. The highest BCUT2D eigenvalue weighted by Crippen LogP contribution is 2.28. The maximum atomic E-state index is 13.7. The summed E-state index contributed by atoms with van der Waals surface area (Å²) >= 11 is 1.34. The smallest absolute Gasteiger partial charge is 0.263 e.